The second-order valence-electron chi connectivity index (χ2n) is 8.68. The molecular weight excluding hydrogens is 478 g/mol. The van der Waals surface area contributed by atoms with Crippen molar-refractivity contribution in [1.82, 2.24) is 29.7 Å². The topological polar surface area (TPSA) is 109 Å². The number of nitrogens with zero attached hydrogens (tertiary/aromatic N) is 6. The van der Waals surface area contributed by atoms with E-state index in [-0.39, 0.29) is 17.4 Å². The van der Waals surface area contributed by atoms with Gasteiger partial charge in [0.05, 0.1) is 30.6 Å². The molecule has 3 aromatic heterocycles. The highest BCUT2D eigenvalue weighted by Gasteiger charge is 2.51. The van der Waals surface area contributed by atoms with Crippen molar-refractivity contribution >= 4 is 29.5 Å². The Morgan fingerprint density at radius 1 is 1.21 bits per heavy atom. The molecule has 1 N–H and O–H groups in total. The molecule has 0 amide bonds. The molecule has 10 nitrogen and oxygen atoms in total. The van der Waals surface area contributed by atoms with Crippen molar-refractivity contribution in [1.29, 1.82) is 0 Å². The molecule has 0 bridgehead atoms. The lowest BCUT2D eigenvalue weighted by Crippen LogP contribution is -2.52. The summed E-state index contributed by atoms with van der Waals surface area (Å²) in [5.74, 6) is 2.48. The van der Waals surface area contributed by atoms with E-state index in [2.05, 4.69) is 34.4 Å². The maximum absolute atomic E-state index is 5.93. The number of hydrogen-bond donors (Lipinski definition) is 1. The summed E-state index contributed by atoms with van der Waals surface area (Å²) >= 11 is 7.41. The molecule has 2 atom stereocenters. The summed E-state index contributed by atoms with van der Waals surface area (Å²) in [5, 5.41) is 9.41. The first kappa shape index (κ1) is 23.3. The van der Waals surface area contributed by atoms with Crippen LogP contribution in [-0.2, 0) is 9.47 Å². The van der Waals surface area contributed by atoms with Crippen LogP contribution in [0.25, 0.3) is 11.5 Å². The third kappa shape index (κ3) is 4.45. The van der Waals surface area contributed by atoms with Gasteiger partial charge in [0, 0.05) is 37.0 Å². The number of aromatic nitrogens is 6. The van der Waals surface area contributed by atoms with Crippen molar-refractivity contribution < 1.29 is 14.2 Å². The van der Waals surface area contributed by atoms with Crippen molar-refractivity contribution in [2.45, 2.75) is 37.2 Å². The number of nitrogens with one attached hydrogen (secondary N) is 1. The summed E-state index contributed by atoms with van der Waals surface area (Å²) in [7, 11) is 3.24. The van der Waals surface area contributed by atoms with E-state index in [1.807, 2.05) is 25.1 Å². The molecule has 3 aromatic rings. The summed E-state index contributed by atoms with van der Waals surface area (Å²) in [6.07, 6.45) is 4.86. The van der Waals surface area contributed by atoms with E-state index >= 15 is 0 Å². The molecule has 0 radical (unpaired) electrons. The summed E-state index contributed by atoms with van der Waals surface area (Å²) in [4.78, 5) is 13.2. The molecule has 12 heteroatoms. The van der Waals surface area contributed by atoms with Gasteiger partial charge in [0.2, 0.25) is 11.8 Å². The molecule has 0 aromatic carbocycles. The number of pyridine rings is 1. The Kier molecular flexibility index (Phi) is 6.61. The fourth-order valence-corrected chi connectivity index (χ4v) is 5.35. The van der Waals surface area contributed by atoms with Gasteiger partial charge in [-0.3, -0.25) is 9.29 Å². The number of hydrogen-bond acceptors (Lipinski definition) is 10. The summed E-state index contributed by atoms with van der Waals surface area (Å²) in [6, 6.07) is 5.90. The molecule has 34 heavy (non-hydrogen) atoms. The summed E-state index contributed by atoms with van der Waals surface area (Å²) in [6.45, 7) is 3.69. The van der Waals surface area contributed by atoms with E-state index in [9.17, 15) is 0 Å². The van der Waals surface area contributed by atoms with Gasteiger partial charge in [-0.15, -0.1) is 10.2 Å². The van der Waals surface area contributed by atoms with Crippen LogP contribution in [0.4, 0.5) is 5.95 Å². The van der Waals surface area contributed by atoms with Crippen LogP contribution in [-0.4, -0.2) is 62.4 Å². The lowest BCUT2D eigenvalue weighted by molar-refractivity contribution is -0.174. The fourth-order valence-electron chi connectivity index (χ4n) is 4.47. The van der Waals surface area contributed by atoms with Gasteiger partial charge in [0.15, 0.2) is 11.6 Å². The molecule has 2 aliphatic rings. The molecule has 4 heterocycles. The van der Waals surface area contributed by atoms with E-state index in [0.29, 0.717) is 39.6 Å². The third-order valence-electron chi connectivity index (χ3n) is 6.29. The number of methoxy groups -OCH3 is 2. The number of anilines is 1. The van der Waals surface area contributed by atoms with Gasteiger partial charge in [0.25, 0.3) is 0 Å². The largest absolute Gasteiger partial charge is 0.481 e. The zero-order valence-electron chi connectivity index (χ0n) is 19.1. The Balaban J connectivity index is 1.37. The minimum Gasteiger partial charge on any atom is -0.481 e. The quantitative estimate of drug-likeness (QED) is 0.430. The molecule has 1 aliphatic carbocycles. The highest BCUT2D eigenvalue weighted by Crippen LogP contribution is 2.54. The van der Waals surface area contributed by atoms with Crippen LogP contribution in [0.15, 0.2) is 30.6 Å². The Labute approximate surface area is 206 Å². The van der Waals surface area contributed by atoms with E-state index < -0.39 is 0 Å². The maximum Gasteiger partial charge on any atom is 0.235 e. The third-order valence-corrected chi connectivity index (χ3v) is 7.40. The minimum absolute atomic E-state index is 0.0255. The van der Waals surface area contributed by atoms with Crippen molar-refractivity contribution in [3.8, 4) is 17.4 Å². The Bertz CT molecular complexity index is 1130. The van der Waals surface area contributed by atoms with Crippen LogP contribution < -0.4 is 9.46 Å². The normalized spacial score (nSPS) is 18.7. The fraction of sp³-hybridized carbons (Fsp3) is 0.500. The van der Waals surface area contributed by atoms with Gasteiger partial charge in [-0.1, -0.05) is 17.7 Å². The number of halogens is 1. The molecule has 5 rings (SSSR count). The Morgan fingerprint density at radius 3 is 2.62 bits per heavy atom. The molecule has 1 spiro atoms. The van der Waals surface area contributed by atoms with Crippen molar-refractivity contribution in [3.63, 3.8) is 0 Å². The molecule has 1 saturated heterocycles. The van der Waals surface area contributed by atoms with E-state index in [0.717, 1.165) is 26.1 Å². The average Bonchev–Trinajstić information content (AvgIpc) is 3.21. The monoisotopic (exact) mass is 503 g/mol. The van der Waals surface area contributed by atoms with Crippen LogP contribution in [0.3, 0.4) is 0 Å². The van der Waals surface area contributed by atoms with Crippen LogP contribution in [0.5, 0.6) is 5.88 Å². The molecule has 2 unspecified atom stereocenters. The Morgan fingerprint density at radius 2 is 1.97 bits per heavy atom. The van der Waals surface area contributed by atoms with Gasteiger partial charge in [0.1, 0.15) is 11.8 Å². The van der Waals surface area contributed by atoms with E-state index in [1.54, 1.807) is 26.6 Å². The zero-order valence-corrected chi connectivity index (χ0v) is 20.7. The first-order valence-corrected chi connectivity index (χ1v) is 12.2. The van der Waals surface area contributed by atoms with Gasteiger partial charge in [-0.25, -0.2) is 15.0 Å². The standard InChI is InChI=1S/C22H26ClN7O3S/c1-13(18(32-3)19-24-9-14(23)10-25-19)34-29-21-28-27-20(16-5-4-6-17(26-16)31-2)30(21)15-7-22(8-15)11-33-12-22/h4-6,9-10,13,15,18H,7-8,11-12H2,1-3H3,(H,28,29). The van der Waals surface area contributed by atoms with Crippen LogP contribution in [0, 0.1) is 5.41 Å². The number of rotatable bonds is 9. The predicted molar refractivity (Wildman–Crippen MR) is 129 cm³/mol. The number of ether oxygens (including phenoxy) is 3. The van der Waals surface area contributed by atoms with Crippen LogP contribution >= 0.6 is 23.5 Å². The smallest absolute Gasteiger partial charge is 0.235 e. The Hall–Kier alpha value is -2.47. The predicted octanol–water partition coefficient (Wildman–Crippen LogP) is 3.98. The molecular formula is C22H26ClN7O3S. The van der Waals surface area contributed by atoms with Gasteiger partial charge >= 0.3 is 0 Å². The van der Waals surface area contributed by atoms with E-state index in [1.165, 1.54) is 11.9 Å². The highest BCUT2D eigenvalue weighted by atomic mass is 35.5. The van der Waals surface area contributed by atoms with Crippen molar-refractivity contribution in [2.24, 2.45) is 5.41 Å². The van der Waals surface area contributed by atoms with Gasteiger partial charge in [-0.2, -0.15) is 0 Å². The summed E-state index contributed by atoms with van der Waals surface area (Å²) < 4.78 is 22.0. The van der Waals surface area contributed by atoms with Crippen LogP contribution in [0.2, 0.25) is 5.02 Å². The molecule has 1 saturated carbocycles. The van der Waals surface area contributed by atoms with Crippen molar-refractivity contribution in [2.75, 3.05) is 32.2 Å². The molecule has 2 fully saturated rings. The first-order valence-electron chi connectivity index (χ1n) is 11.0. The lowest BCUT2D eigenvalue weighted by atomic mass is 9.64. The lowest BCUT2D eigenvalue weighted by Gasteiger charge is -2.53. The molecule has 1 aliphatic heterocycles. The second kappa shape index (κ2) is 9.65. The maximum atomic E-state index is 5.93. The average molecular weight is 504 g/mol. The zero-order chi connectivity index (χ0) is 23.7. The van der Waals surface area contributed by atoms with Gasteiger partial charge in [-0.05, 0) is 37.8 Å². The molecule has 180 valence electrons. The van der Waals surface area contributed by atoms with Crippen LogP contribution in [0.1, 0.15) is 37.7 Å². The minimum atomic E-state index is -0.329. The highest BCUT2D eigenvalue weighted by molar-refractivity contribution is 8.01. The second-order valence-corrected chi connectivity index (χ2v) is 10.3. The summed E-state index contributed by atoms with van der Waals surface area (Å²) in [5.41, 5.74) is 1.01. The van der Waals surface area contributed by atoms with E-state index in [4.69, 9.17) is 25.8 Å². The van der Waals surface area contributed by atoms with Crippen molar-refractivity contribution in [3.05, 3.63) is 41.4 Å². The first-order chi connectivity index (χ1) is 16.5. The van der Waals surface area contributed by atoms with Gasteiger partial charge < -0.3 is 14.2 Å². The SMILES string of the molecule is COc1cccc(-c2nnc(NSC(C)C(OC)c3ncc(Cl)cn3)n2C2CC3(COC3)C2)n1.